The minimum Gasteiger partial charge on any atom is -0.310 e. The van der Waals surface area contributed by atoms with Crippen LogP contribution in [0.2, 0.25) is 0 Å². The van der Waals surface area contributed by atoms with Gasteiger partial charge in [-0.15, -0.1) is 11.8 Å². The fourth-order valence-electron chi connectivity index (χ4n) is 2.01. The summed E-state index contributed by atoms with van der Waals surface area (Å²) in [6.45, 7) is 8.57. The van der Waals surface area contributed by atoms with Gasteiger partial charge in [-0.25, -0.2) is 0 Å². The first-order valence-electron chi connectivity index (χ1n) is 7.40. The van der Waals surface area contributed by atoms with Gasteiger partial charge in [-0.3, -0.25) is 4.98 Å². The van der Waals surface area contributed by atoms with E-state index in [2.05, 4.69) is 55.3 Å². The lowest BCUT2D eigenvalue weighted by molar-refractivity contribution is 0.590. The summed E-state index contributed by atoms with van der Waals surface area (Å²) in [5, 5.41) is 3.42. The lowest BCUT2D eigenvalue weighted by Crippen LogP contribution is -2.17. The minimum atomic E-state index is 0.230. The second-order valence-corrected chi connectivity index (χ2v) is 7.29. The zero-order valence-electron chi connectivity index (χ0n) is 13.1. The highest BCUT2D eigenvalue weighted by atomic mass is 32.2. The third kappa shape index (κ3) is 5.52. The molecule has 0 bridgehead atoms. The molecule has 0 spiro atoms. The molecular formula is C18H24N2S. The smallest absolute Gasteiger partial charge is 0.0541 e. The number of thioether (sulfide) groups is 1. The molecule has 1 aromatic heterocycles. The predicted octanol–water partition coefficient (Wildman–Crippen LogP) is 4.26. The minimum absolute atomic E-state index is 0.230. The fraction of sp³-hybridized carbons (Fsp3) is 0.389. The highest BCUT2D eigenvalue weighted by Gasteiger charge is 2.12. The van der Waals surface area contributed by atoms with Gasteiger partial charge >= 0.3 is 0 Å². The van der Waals surface area contributed by atoms with Crippen LogP contribution in [-0.4, -0.2) is 17.3 Å². The highest BCUT2D eigenvalue weighted by Crippen LogP contribution is 2.25. The van der Waals surface area contributed by atoms with Gasteiger partial charge in [0, 0.05) is 29.9 Å². The summed E-state index contributed by atoms with van der Waals surface area (Å²) in [5.74, 6) is 1.07. The monoisotopic (exact) mass is 300 g/mol. The van der Waals surface area contributed by atoms with E-state index in [-0.39, 0.29) is 5.41 Å². The van der Waals surface area contributed by atoms with Gasteiger partial charge in [0.15, 0.2) is 0 Å². The Kier molecular flexibility index (Phi) is 5.83. The Morgan fingerprint density at radius 3 is 2.43 bits per heavy atom. The largest absolute Gasteiger partial charge is 0.310 e. The van der Waals surface area contributed by atoms with E-state index in [1.165, 1.54) is 10.5 Å². The Balaban J connectivity index is 1.69. The standard InChI is InChI=1S/C18H24N2S/c1-18(2,3)15-7-9-17(10-8-15)21-13-12-19-14-16-6-4-5-11-20-16/h4-11,19H,12-14H2,1-3H3. The molecule has 1 heterocycles. The van der Waals surface area contributed by atoms with E-state index in [1.54, 1.807) is 0 Å². The molecule has 112 valence electrons. The van der Waals surface area contributed by atoms with Gasteiger partial charge < -0.3 is 5.32 Å². The summed E-state index contributed by atoms with van der Waals surface area (Å²) in [4.78, 5) is 5.63. The first-order valence-corrected chi connectivity index (χ1v) is 8.38. The highest BCUT2D eigenvalue weighted by molar-refractivity contribution is 7.99. The normalized spacial score (nSPS) is 11.6. The molecule has 0 amide bonds. The first-order chi connectivity index (χ1) is 10.1. The van der Waals surface area contributed by atoms with E-state index in [1.807, 2.05) is 36.2 Å². The summed E-state index contributed by atoms with van der Waals surface area (Å²) in [5.41, 5.74) is 2.71. The summed E-state index contributed by atoms with van der Waals surface area (Å²) in [6, 6.07) is 14.9. The summed E-state index contributed by atoms with van der Waals surface area (Å²) in [6.07, 6.45) is 1.84. The molecule has 21 heavy (non-hydrogen) atoms. The van der Waals surface area contributed by atoms with Crippen molar-refractivity contribution in [3.63, 3.8) is 0 Å². The molecule has 0 saturated carbocycles. The van der Waals surface area contributed by atoms with E-state index < -0.39 is 0 Å². The van der Waals surface area contributed by atoms with Crippen molar-refractivity contribution in [1.29, 1.82) is 0 Å². The van der Waals surface area contributed by atoms with Crippen LogP contribution in [0.1, 0.15) is 32.0 Å². The quantitative estimate of drug-likeness (QED) is 0.637. The maximum atomic E-state index is 4.30. The Hall–Kier alpha value is -1.32. The van der Waals surface area contributed by atoms with Crippen molar-refractivity contribution < 1.29 is 0 Å². The van der Waals surface area contributed by atoms with E-state index in [0.717, 1.165) is 24.5 Å². The first kappa shape index (κ1) is 16.1. The Morgan fingerprint density at radius 1 is 1.05 bits per heavy atom. The average molecular weight is 300 g/mol. The number of hydrogen-bond donors (Lipinski definition) is 1. The maximum Gasteiger partial charge on any atom is 0.0541 e. The molecule has 3 heteroatoms. The van der Waals surface area contributed by atoms with Gasteiger partial charge in [-0.05, 0) is 35.2 Å². The Bertz CT molecular complexity index is 529. The zero-order valence-corrected chi connectivity index (χ0v) is 13.9. The van der Waals surface area contributed by atoms with Crippen LogP contribution in [0.25, 0.3) is 0 Å². The predicted molar refractivity (Wildman–Crippen MR) is 91.8 cm³/mol. The average Bonchev–Trinajstić information content (AvgIpc) is 2.47. The van der Waals surface area contributed by atoms with Crippen molar-refractivity contribution in [3.05, 3.63) is 59.9 Å². The van der Waals surface area contributed by atoms with Crippen molar-refractivity contribution >= 4 is 11.8 Å². The number of nitrogens with zero attached hydrogens (tertiary/aromatic N) is 1. The summed E-state index contributed by atoms with van der Waals surface area (Å²) in [7, 11) is 0. The Morgan fingerprint density at radius 2 is 1.81 bits per heavy atom. The molecular weight excluding hydrogens is 276 g/mol. The lowest BCUT2D eigenvalue weighted by Gasteiger charge is -2.19. The Labute approximate surface area is 132 Å². The molecule has 0 unspecified atom stereocenters. The van der Waals surface area contributed by atoms with Crippen molar-refractivity contribution in [2.24, 2.45) is 0 Å². The van der Waals surface area contributed by atoms with Crippen molar-refractivity contribution in [1.82, 2.24) is 10.3 Å². The number of benzene rings is 1. The van der Waals surface area contributed by atoms with Crippen molar-refractivity contribution in [3.8, 4) is 0 Å². The third-order valence-corrected chi connectivity index (χ3v) is 4.31. The third-order valence-electron chi connectivity index (χ3n) is 3.30. The molecule has 0 atom stereocenters. The van der Waals surface area contributed by atoms with Crippen LogP contribution in [0.4, 0.5) is 0 Å². The van der Waals surface area contributed by atoms with Gasteiger partial charge in [0.2, 0.25) is 0 Å². The molecule has 0 aliphatic carbocycles. The second kappa shape index (κ2) is 7.62. The molecule has 2 nitrogen and oxygen atoms in total. The van der Waals surface area contributed by atoms with E-state index in [9.17, 15) is 0 Å². The van der Waals surface area contributed by atoms with E-state index in [4.69, 9.17) is 0 Å². The van der Waals surface area contributed by atoms with Gasteiger partial charge in [0.1, 0.15) is 0 Å². The molecule has 0 aliphatic heterocycles. The second-order valence-electron chi connectivity index (χ2n) is 6.12. The number of aromatic nitrogens is 1. The molecule has 1 aromatic carbocycles. The van der Waals surface area contributed by atoms with Gasteiger partial charge in [-0.1, -0.05) is 39.0 Å². The molecule has 0 fully saturated rings. The fourth-order valence-corrected chi connectivity index (χ4v) is 2.82. The zero-order chi connectivity index (χ0) is 15.1. The van der Waals surface area contributed by atoms with Gasteiger partial charge in [0.25, 0.3) is 0 Å². The molecule has 0 saturated heterocycles. The maximum absolute atomic E-state index is 4.30. The number of hydrogen-bond acceptors (Lipinski definition) is 3. The van der Waals surface area contributed by atoms with Crippen LogP contribution in [-0.2, 0) is 12.0 Å². The van der Waals surface area contributed by atoms with Gasteiger partial charge in [-0.2, -0.15) is 0 Å². The van der Waals surface area contributed by atoms with Crippen LogP contribution in [0.5, 0.6) is 0 Å². The number of nitrogens with one attached hydrogen (secondary N) is 1. The summed E-state index contributed by atoms with van der Waals surface area (Å²) < 4.78 is 0. The van der Waals surface area contributed by atoms with Gasteiger partial charge in [0.05, 0.1) is 5.69 Å². The topological polar surface area (TPSA) is 24.9 Å². The lowest BCUT2D eigenvalue weighted by atomic mass is 9.87. The van der Waals surface area contributed by atoms with E-state index >= 15 is 0 Å². The SMILES string of the molecule is CC(C)(C)c1ccc(SCCNCc2ccccn2)cc1. The molecule has 0 aliphatic rings. The summed E-state index contributed by atoms with van der Waals surface area (Å²) >= 11 is 1.89. The van der Waals surface area contributed by atoms with Crippen LogP contribution >= 0.6 is 11.8 Å². The van der Waals surface area contributed by atoms with Crippen molar-refractivity contribution in [2.45, 2.75) is 37.6 Å². The number of rotatable bonds is 6. The van der Waals surface area contributed by atoms with E-state index in [0.29, 0.717) is 0 Å². The van der Waals surface area contributed by atoms with Crippen molar-refractivity contribution in [2.75, 3.05) is 12.3 Å². The van der Waals surface area contributed by atoms with Crippen LogP contribution < -0.4 is 5.32 Å². The van der Waals surface area contributed by atoms with Crippen LogP contribution in [0.3, 0.4) is 0 Å². The molecule has 1 N–H and O–H groups in total. The molecule has 0 radical (unpaired) electrons. The molecule has 2 aromatic rings. The van der Waals surface area contributed by atoms with Crippen LogP contribution in [0.15, 0.2) is 53.6 Å². The molecule has 2 rings (SSSR count). The van der Waals surface area contributed by atoms with Crippen LogP contribution in [0, 0.1) is 0 Å². The number of pyridine rings is 1.